The van der Waals surface area contributed by atoms with E-state index in [9.17, 15) is 9.59 Å². The maximum atomic E-state index is 12.6. The lowest BCUT2D eigenvalue weighted by atomic mass is 10.1. The van der Waals surface area contributed by atoms with Gasteiger partial charge in [0.25, 0.3) is 11.8 Å². The van der Waals surface area contributed by atoms with E-state index in [4.69, 9.17) is 0 Å². The van der Waals surface area contributed by atoms with Crippen molar-refractivity contribution in [2.24, 2.45) is 0 Å². The molecule has 31 heavy (non-hydrogen) atoms. The summed E-state index contributed by atoms with van der Waals surface area (Å²) in [5, 5.41) is 5.92. The zero-order chi connectivity index (χ0) is 22.1. The standard InChI is InChI=1S/C25H31N3O2S/c1-3-14-28(15-4-2)16-8-13-26-24(29)20-11-12-22-21(18-20)27-25(30)23(31-22)17-19-9-6-5-7-10-19/h5-7,9-12,17-18H,3-4,8,13-16H2,1-2H3,(H,26,29)(H,27,30). The minimum Gasteiger partial charge on any atom is -0.352 e. The van der Waals surface area contributed by atoms with E-state index in [1.807, 2.05) is 48.5 Å². The van der Waals surface area contributed by atoms with Crippen molar-refractivity contribution in [1.82, 2.24) is 10.2 Å². The van der Waals surface area contributed by atoms with Crippen LogP contribution in [-0.4, -0.2) is 42.9 Å². The molecule has 0 unspecified atom stereocenters. The molecule has 164 valence electrons. The lowest BCUT2D eigenvalue weighted by molar-refractivity contribution is -0.112. The first-order valence-corrected chi connectivity index (χ1v) is 11.8. The second-order valence-corrected chi connectivity index (χ2v) is 8.72. The number of hydrogen-bond donors (Lipinski definition) is 2. The van der Waals surface area contributed by atoms with Gasteiger partial charge in [0.15, 0.2) is 0 Å². The Labute approximate surface area is 189 Å². The molecule has 2 aromatic carbocycles. The van der Waals surface area contributed by atoms with Crippen LogP contribution in [0.15, 0.2) is 58.3 Å². The molecule has 2 aromatic rings. The van der Waals surface area contributed by atoms with E-state index in [0.717, 1.165) is 49.4 Å². The summed E-state index contributed by atoms with van der Waals surface area (Å²) in [6, 6.07) is 15.3. The summed E-state index contributed by atoms with van der Waals surface area (Å²) in [5.74, 6) is -0.254. The van der Waals surface area contributed by atoms with E-state index >= 15 is 0 Å². The van der Waals surface area contributed by atoms with Crippen molar-refractivity contribution in [2.45, 2.75) is 38.0 Å². The Morgan fingerprint density at radius 3 is 2.52 bits per heavy atom. The van der Waals surface area contributed by atoms with E-state index in [0.29, 0.717) is 22.7 Å². The van der Waals surface area contributed by atoms with Crippen molar-refractivity contribution in [2.75, 3.05) is 31.5 Å². The highest BCUT2D eigenvalue weighted by Gasteiger charge is 2.22. The van der Waals surface area contributed by atoms with Crippen LogP contribution in [0.3, 0.4) is 0 Å². The van der Waals surface area contributed by atoms with Crippen LogP contribution in [0.2, 0.25) is 0 Å². The van der Waals surface area contributed by atoms with Gasteiger partial charge in [-0.2, -0.15) is 0 Å². The average Bonchev–Trinajstić information content (AvgIpc) is 2.77. The Balaban J connectivity index is 1.57. The number of carbonyl (C=O) groups excluding carboxylic acids is 2. The van der Waals surface area contributed by atoms with Gasteiger partial charge >= 0.3 is 0 Å². The van der Waals surface area contributed by atoms with Crippen LogP contribution >= 0.6 is 11.8 Å². The predicted octanol–water partition coefficient (Wildman–Crippen LogP) is 5.01. The summed E-state index contributed by atoms with van der Waals surface area (Å²) in [6.07, 6.45) is 5.10. The molecule has 5 nitrogen and oxygen atoms in total. The Kier molecular flexibility index (Phi) is 8.74. The van der Waals surface area contributed by atoms with Gasteiger partial charge in [0.1, 0.15) is 0 Å². The zero-order valence-corrected chi connectivity index (χ0v) is 19.1. The van der Waals surface area contributed by atoms with Crippen molar-refractivity contribution in [3.8, 4) is 0 Å². The molecule has 0 radical (unpaired) electrons. The fraction of sp³-hybridized carbons (Fsp3) is 0.360. The van der Waals surface area contributed by atoms with Crippen molar-refractivity contribution < 1.29 is 9.59 Å². The molecule has 0 atom stereocenters. The number of benzene rings is 2. The van der Waals surface area contributed by atoms with Crippen molar-refractivity contribution in [3.05, 3.63) is 64.6 Å². The van der Waals surface area contributed by atoms with Crippen molar-refractivity contribution in [1.29, 1.82) is 0 Å². The van der Waals surface area contributed by atoms with Gasteiger partial charge in [-0.05, 0) is 68.7 Å². The van der Waals surface area contributed by atoms with E-state index in [1.54, 1.807) is 6.07 Å². The Morgan fingerprint density at radius 2 is 1.81 bits per heavy atom. The fourth-order valence-electron chi connectivity index (χ4n) is 3.58. The number of nitrogens with zero attached hydrogens (tertiary/aromatic N) is 1. The van der Waals surface area contributed by atoms with Crippen LogP contribution in [0.4, 0.5) is 5.69 Å². The van der Waals surface area contributed by atoms with E-state index in [2.05, 4.69) is 29.4 Å². The van der Waals surface area contributed by atoms with Gasteiger partial charge < -0.3 is 15.5 Å². The van der Waals surface area contributed by atoms with E-state index in [1.165, 1.54) is 11.8 Å². The van der Waals surface area contributed by atoms with Gasteiger partial charge in [-0.1, -0.05) is 55.9 Å². The third-order valence-corrected chi connectivity index (χ3v) is 6.15. The lowest BCUT2D eigenvalue weighted by Gasteiger charge is -2.21. The molecule has 1 heterocycles. The molecule has 0 aliphatic carbocycles. The van der Waals surface area contributed by atoms with Crippen LogP contribution in [0, 0.1) is 0 Å². The second-order valence-electron chi connectivity index (χ2n) is 7.64. The van der Waals surface area contributed by atoms with Crippen LogP contribution in [-0.2, 0) is 4.79 Å². The molecule has 0 spiro atoms. The third-order valence-electron chi connectivity index (χ3n) is 5.05. The first kappa shape index (κ1) is 23.1. The minimum absolute atomic E-state index is 0.106. The summed E-state index contributed by atoms with van der Waals surface area (Å²) in [5.41, 5.74) is 2.23. The number of thioether (sulfide) groups is 1. The quantitative estimate of drug-likeness (QED) is 0.405. The first-order valence-electron chi connectivity index (χ1n) is 11.0. The maximum Gasteiger partial charge on any atom is 0.262 e. The number of amides is 2. The van der Waals surface area contributed by atoms with E-state index in [-0.39, 0.29) is 11.8 Å². The Bertz CT molecular complexity index is 922. The van der Waals surface area contributed by atoms with Gasteiger partial charge in [-0.3, -0.25) is 9.59 Å². The number of carbonyl (C=O) groups is 2. The van der Waals surface area contributed by atoms with Gasteiger partial charge in [-0.25, -0.2) is 0 Å². The molecule has 0 saturated heterocycles. The smallest absolute Gasteiger partial charge is 0.262 e. The molecule has 2 amide bonds. The number of nitrogens with one attached hydrogen (secondary N) is 2. The highest BCUT2D eigenvalue weighted by atomic mass is 32.2. The Morgan fingerprint density at radius 1 is 1.06 bits per heavy atom. The summed E-state index contributed by atoms with van der Waals surface area (Å²) in [4.78, 5) is 29.1. The summed E-state index contributed by atoms with van der Waals surface area (Å²) in [7, 11) is 0. The lowest BCUT2D eigenvalue weighted by Crippen LogP contribution is -2.31. The van der Waals surface area contributed by atoms with Crippen LogP contribution < -0.4 is 10.6 Å². The monoisotopic (exact) mass is 437 g/mol. The number of hydrogen-bond acceptors (Lipinski definition) is 4. The first-order chi connectivity index (χ1) is 15.1. The number of fused-ring (bicyclic) bond motifs is 1. The zero-order valence-electron chi connectivity index (χ0n) is 18.3. The van der Waals surface area contributed by atoms with Crippen LogP contribution in [0.25, 0.3) is 6.08 Å². The second kappa shape index (κ2) is 11.7. The van der Waals surface area contributed by atoms with Gasteiger partial charge in [-0.15, -0.1) is 0 Å². The molecule has 1 aliphatic heterocycles. The maximum absolute atomic E-state index is 12.6. The average molecular weight is 438 g/mol. The Hall–Kier alpha value is -2.57. The summed E-state index contributed by atoms with van der Waals surface area (Å²) in [6.45, 7) is 8.23. The van der Waals surface area contributed by atoms with Gasteiger partial charge in [0.2, 0.25) is 0 Å². The fourth-order valence-corrected chi connectivity index (χ4v) is 4.51. The molecule has 3 rings (SSSR count). The third kappa shape index (κ3) is 6.71. The topological polar surface area (TPSA) is 61.4 Å². The van der Waals surface area contributed by atoms with Crippen molar-refractivity contribution in [3.63, 3.8) is 0 Å². The highest BCUT2D eigenvalue weighted by Crippen LogP contribution is 2.39. The molecule has 6 heteroatoms. The van der Waals surface area contributed by atoms with Gasteiger partial charge in [0.05, 0.1) is 10.6 Å². The normalized spacial score (nSPS) is 14.4. The van der Waals surface area contributed by atoms with Crippen molar-refractivity contribution >= 4 is 35.3 Å². The molecular formula is C25H31N3O2S. The van der Waals surface area contributed by atoms with Crippen LogP contribution in [0.5, 0.6) is 0 Å². The SMILES string of the molecule is CCCN(CCC)CCCNC(=O)c1ccc2c(c1)NC(=O)C(=Cc1ccccc1)S2. The molecule has 0 saturated carbocycles. The largest absolute Gasteiger partial charge is 0.352 e. The van der Waals surface area contributed by atoms with E-state index < -0.39 is 0 Å². The molecular weight excluding hydrogens is 406 g/mol. The summed E-state index contributed by atoms with van der Waals surface area (Å²) < 4.78 is 0. The number of anilines is 1. The molecule has 2 N–H and O–H groups in total. The minimum atomic E-state index is -0.147. The molecule has 0 fully saturated rings. The van der Waals surface area contributed by atoms with Gasteiger partial charge in [0, 0.05) is 17.0 Å². The summed E-state index contributed by atoms with van der Waals surface area (Å²) >= 11 is 1.43. The highest BCUT2D eigenvalue weighted by molar-refractivity contribution is 8.04. The molecule has 0 aromatic heterocycles. The molecule has 0 bridgehead atoms. The van der Waals surface area contributed by atoms with Crippen LogP contribution in [0.1, 0.15) is 49.0 Å². The predicted molar refractivity (Wildman–Crippen MR) is 129 cm³/mol. The number of rotatable bonds is 10. The molecule has 1 aliphatic rings.